The van der Waals surface area contributed by atoms with Crippen molar-refractivity contribution in [1.29, 1.82) is 0 Å². The number of alkyl halides is 2. The van der Waals surface area contributed by atoms with Gasteiger partial charge in [0.2, 0.25) is 11.8 Å². The lowest BCUT2D eigenvalue weighted by Gasteiger charge is -2.34. The van der Waals surface area contributed by atoms with Crippen LogP contribution in [0.5, 0.6) is 0 Å². The minimum absolute atomic E-state index is 0.178. The molecule has 37 heavy (non-hydrogen) atoms. The van der Waals surface area contributed by atoms with E-state index >= 15 is 0 Å². The number of benzene rings is 1. The van der Waals surface area contributed by atoms with Crippen LogP contribution < -0.4 is 15.5 Å². The summed E-state index contributed by atoms with van der Waals surface area (Å²) < 4.78 is 35.6. The Balaban J connectivity index is 1.22. The highest BCUT2D eigenvalue weighted by Crippen LogP contribution is 2.54. The Hall–Kier alpha value is -3.69. The van der Waals surface area contributed by atoms with E-state index in [1.807, 2.05) is 41.3 Å². The largest absolute Gasteiger partial charge is 0.416 e. The summed E-state index contributed by atoms with van der Waals surface area (Å²) in [6.07, 6.45) is 6.44. The van der Waals surface area contributed by atoms with E-state index in [9.17, 15) is 8.78 Å². The molecule has 2 aliphatic heterocycles. The highest BCUT2D eigenvalue weighted by Gasteiger charge is 2.44. The van der Waals surface area contributed by atoms with E-state index in [0.29, 0.717) is 22.9 Å². The van der Waals surface area contributed by atoms with Crippen LogP contribution in [0.4, 0.5) is 26.0 Å². The molecule has 1 saturated carbocycles. The molecule has 5 heterocycles. The molecule has 10 heteroatoms. The maximum absolute atomic E-state index is 13.8. The van der Waals surface area contributed by atoms with Crippen LogP contribution in [-0.4, -0.2) is 51.9 Å². The molecular formula is C27H29F2N7O. The Kier molecular flexibility index (Phi) is 4.96. The summed E-state index contributed by atoms with van der Waals surface area (Å²) in [5.74, 6) is -1.07. The van der Waals surface area contributed by atoms with E-state index in [0.717, 1.165) is 41.2 Å². The van der Waals surface area contributed by atoms with Crippen molar-refractivity contribution in [3.63, 3.8) is 0 Å². The fraction of sp³-hybridized carbons (Fsp3) is 0.444. The molecule has 8 nitrogen and oxygen atoms in total. The zero-order chi connectivity index (χ0) is 25.2. The van der Waals surface area contributed by atoms with Crippen molar-refractivity contribution in [3.05, 3.63) is 42.6 Å². The maximum Gasteiger partial charge on any atom is 0.251 e. The van der Waals surface area contributed by atoms with Gasteiger partial charge in [0.1, 0.15) is 5.82 Å². The van der Waals surface area contributed by atoms with E-state index in [1.165, 1.54) is 25.7 Å². The maximum atomic E-state index is 13.8. The van der Waals surface area contributed by atoms with Gasteiger partial charge in [-0.1, -0.05) is 0 Å². The quantitative estimate of drug-likeness (QED) is 0.379. The second-order valence-electron chi connectivity index (χ2n) is 10.8. The normalized spacial score (nSPS) is 20.6. The number of anilines is 3. The van der Waals surface area contributed by atoms with Crippen LogP contribution in [0.25, 0.3) is 28.4 Å². The molecule has 0 radical (unpaired) electrons. The van der Waals surface area contributed by atoms with Crippen molar-refractivity contribution in [2.45, 2.75) is 44.4 Å². The first-order chi connectivity index (χ1) is 17.9. The van der Waals surface area contributed by atoms with Gasteiger partial charge in [0.25, 0.3) is 5.92 Å². The van der Waals surface area contributed by atoms with Gasteiger partial charge >= 0.3 is 0 Å². The van der Waals surface area contributed by atoms with Gasteiger partial charge in [0.15, 0.2) is 0 Å². The van der Waals surface area contributed by atoms with Gasteiger partial charge in [-0.15, -0.1) is 10.2 Å². The molecule has 1 spiro atoms. The number of hydrogen-bond acceptors (Lipinski definition) is 7. The number of hydrogen-bond donors (Lipinski definition) is 1. The van der Waals surface area contributed by atoms with E-state index < -0.39 is 5.92 Å². The topological polar surface area (TPSA) is 88.7 Å². The van der Waals surface area contributed by atoms with Gasteiger partial charge in [-0.2, -0.15) is 5.10 Å². The smallest absolute Gasteiger partial charge is 0.251 e. The van der Waals surface area contributed by atoms with Crippen molar-refractivity contribution in [2.24, 2.45) is 5.41 Å². The van der Waals surface area contributed by atoms with Crippen LogP contribution in [0.3, 0.4) is 0 Å². The molecule has 0 unspecified atom stereocenters. The number of nitrogens with zero attached hydrogens (tertiary/aromatic N) is 6. The minimum atomic E-state index is -2.62. The van der Waals surface area contributed by atoms with E-state index in [2.05, 4.69) is 20.2 Å². The number of aromatic nitrogens is 4. The minimum Gasteiger partial charge on any atom is -0.416 e. The number of fused-ring (bicyclic) bond motifs is 1. The first-order valence-corrected chi connectivity index (χ1v) is 13.0. The van der Waals surface area contributed by atoms with E-state index in [4.69, 9.17) is 10.2 Å². The third-order valence-corrected chi connectivity index (χ3v) is 8.34. The monoisotopic (exact) mass is 505 g/mol. The van der Waals surface area contributed by atoms with Crippen molar-refractivity contribution in [1.82, 2.24) is 19.8 Å². The first-order valence-electron chi connectivity index (χ1n) is 13.0. The second kappa shape index (κ2) is 8.16. The summed E-state index contributed by atoms with van der Waals surface area (Å²) in [5.41, 5.74) is 10.9. The average molecular weight is 506 g/mol. The zero-order valence-electron chi connectivity index (χ0n) is 20.5. The molecule has 192 valence electrons. The highest BCUT2D eigenvalue weighted by molar-refractivity contribution is 5.78. The predicted molar refractivity (Wildman–Crippen MR) is 138 cm³/mol. The van der Waals surface area contributed by atoms with Crippen LogP contribution >= 0.6 is 0 Å². The second-order valence-corrected chi connectivity index (χ2v) is 10.8. The molecule has 3 aromatic heterocycles. The van der Waals surface area contributed by atoms with E-state index in [1.54, 1.807) is 10.7 Å². The van der Waals surface area contributed by atoms with Crippen molar-refractivity contribution >= 4 is 22.7 Å². The Bertz CT molecular complexity index is 1450. The third-order valence-electron chi connectivity index (χ3n) is 8.34. The molecule has 0 atom stereocenters. The van der Waals surface area contributed by atoms with Crippen LogP contribution in [0.1, 0.15) is 38.5 Å². The summed E-state index contributed by atoms with van der Waals surface area (Å²) in [5, 5.41) is 13.2. The number of nitrogens with two attached hydrogens (primary N) is 1. The molecule has 4 aromatic rings. The molecule has 1 aliphatic carbocycles. The van der Waals surface area contributed by atoms with Gasteiger partial charge < -0.3 is 20.0 Å². The summed E-state index contributed by atoms with van der Waals surface area (Å²) in [4.78, 5) is 4.32. The third kappa shape index (κ3) is 4.08. The van der Waals surface area contributed by atoms with Crippen LogP contribution in [-0.2, 0) is 0 Å². The lowest BCUT2D eigenvalue weighted by Crippen LogP contribution is -2.40. The fourth-order valence-electron chi connectivity index (χ4n) is 5.77. The van der Waals surface area contributed by atoms with Crippen LogP contribution in [0, 0.1) is 5.41 Å². The number of piperidine rings is 2. The van der Waals surface area contributed by atoms with Gasteiger partial charge in [-0.25, -0.2) is 13.3 Å². The number of rotatable bonds is 4. The Morgan fingerprint density at radius 2 is 1.54 bits per heavy atom. The molecule has 1 aromatic carbocycles. The fourth-order valence-corrected chi connectivity index (χ4v) is 5.77. The van der Waals surface area contributed by atoms with Crippen molar-refractivity contribution in [2.75, 3.05) is 41.7 Å². The molecule has 0 amide bonds. The van der Waals surface area contributed by atoms with E-state index in [-0.39, 0.29) is 25.9 Å². The molecule has 7 rings (SSSR count). The molecule has 0 bridgehead atoms. The van der Waals surface area contributed by atoms with Crippen LogP contribution in [0.2, 0.25) is 0 Å². The zero-order valence-corrected chi connectivity index (χ0v) is 20.5. The molecule has 2 N–H and O–H groups in total. The number of pyridine rings is 1. The van der Waals surface area contributed by atoms with Gasteiger partial charge in [0.05, 0.1) is 23.0 Å². The average Bonchev–Trinajstić information content (AvgIpc) is 3.27. The summed E-state index contributed by atoms with van der Waals surface area (Å²) >= 11 is 0. The SMILES string of the molecule is Nc1ccc(-c2nnc(-c3cc(N4CCC(F)(F)CC4)n4nccc4c3)o2)c(N2CCC3(CC2)CC3)c1. The van der Waals surface area contributed by atoms with Crippen LogP contribution in [0.15, 0.2) is 47.0 Å². The molecule has 2 saturated heterocycles. The number of halogens is 2. The van der Waals surface area contributed by atoms with Crippen molar-refractivity contribution < 1.29 is 13.2 Å². The summed E-state index contributed by atoms with van der Waals surface area (Å²) in [7, 11) is 0. The summed E-state index contributed by atoms with van der Waals surface area (Å²) in [6.45, 7) is 2.50. The summed E-state index contributed by atoms with van der Waals surface area (Å²) in [6, 6.07) is 11.5. The Labute approximate surface area is 213 Å². The van der Waals surface area contributed by atoms with Crippen molar-refractivity contribution in [3.8, 4) is 22.9 Å². The standard InChI is InChI=1S/C27H29F2N7O/c28-27(29)8-13-35(14-9-27)23-16-18(15-20-3-10-31-36(20)23)24-32-33-25(37-24)21-2-1-19(30)17-22(21)34-11-6-26(4-5-26)7-12-34/h1-3,10,15-17H,4-9,11-14,30H2. The van der Waals surface area contributed by atoms with Gasteiger partial charge in [-0.3, -0.25) is 0 Å². The first kappa shape index (κ1) is 22.5. The number of nitrogen functional groups attached to an aromatic ring is 1. The lowest BCUT2D eigenvalue weighted by molar-refractivity contribution is -0.0222. The predicted octanol–water partition coefficient (Wildman–Crippen LogP) is 5.25. The molecular weight excluding hydrogens is 476 g/mol. The highest BCUT2D eigenvalue weighted by atomic mass is 19.3. The Morgan fingerprint density at radius 1 is 0.811 bits per heavy atom. The molecule has 3 fully saturated rings. The van der Waals surface area contributed by atoms with Gasteiger partial charge in [0, 0.05) is 50.3 Å². The lowest BCUT2D eigenvalue weighted by atomic mass is 9.93. The molecule has 3 aliphatic rings. The van der Waals surface area contributed by atoms with Gasteiger partial charge in [-0.05, 0) is 67.5 Å². The Morgan fingerprint density at radius 3 is 2.30 bits per heavy atom.